The van der Waals surface area contributed by atoms with E-state index in [0.717, 1.165) is 5.69 Å². The number of hydrogen-bond acceptors (Lipinski definition) is 2. The van der Waals surface area contributed by atoms with Gasteiger partial charge in [-0.2, -0.15) is 5.26 Å². The molecule has 0 aromatic heterocycles. The van der Waals surface area contributed by atoms with Crippen LogP contribution in [0.15, 0.2) is 24.3 Å². The number of nitriles is 1. The monoisotopic (exact) mass is 200 g/mol. The molecular formula is C12H12N2O. The molecule has 0 spiro atoms. The van der Waals surface area contributed by atoms with E-state index in [-0.39, 0.29) is 11.8 Å². The van der Waals surface area contributed by atoms with Crippen LogP contribution in [0.2, 0.25) is 0 Å². The molecule has 1 heterocycles. The Hall–Kier alpha value is -1.82. The number of nitrogens with zero attached hydrogens (tertiary/aromatic N) is 2. The molecule has 3 heteroatoms. The van der Waals surface area contributed by atoms with Crippen molar-refractivity contribution in [1.82, 2.24) is 0 Å². The minimum atomic E-state index is -0.154. The standard InChI is InChI=1S/C12H12N2O/c1-9-2-4-11(5-3-9)14-8-10(7-13)6-12(14)15/h2-5,10H,6,8H2,1H3/t10-/m1/s1. The van der Waals surface area contributed by atoms with E-state index in [4.69, 9.17) is 5.26 Å². The molecule has 1 atom stereocenters. The van der Waals surface area contributed by atoms with Crippen molar-refractivity contribution in [2.75, 3.05) is 11.4 Å². The summed E-state index contributed by atoms with van der Waals surface area (Å²) in [5, 5.41) is 8.76. The van der Waals surface area contributed by atoms with Gasteiger partial charge in [0, 0.05) is 18.7 Å². The number of carbonyl (C=O) groups is 1. The number of rotatable bonds is 1. The third kappa shape index (κ3) is 1.84. The molecule has 1 aliphatic rings. The molecule has 0 aliphatic carbocycles. The molecule has 15 heavy (non-hydrogen) atoms. The lowest BCUT2D eigenvalue weighted by atomic mass is 10.1. The Morgan fingerprint density at radius 2 is 2.07 bits per heavy atom. The minimum Gasteiger partial charge on any atom is -0.311 e. The number of carbonyl (C=O) groups excluding carboxylic acids is 1. The second-order valence-corrected chi connectivity index (χ2v) is 3.87. The Bertz CT molecular complexity index is 416. The Balaban J connectivity index is 2.22. The maximum Gasteiger partial charge on any atom is 0.228 e. The SMILES string of the molecule is Cc1ccc(N2C[C@@H](C#N)CC2=O)cc1. The topological polar surface area (TPSA) is 44.1 Å². The van der Waals surface area contributed by atoms with Crippen LogP contribution in [0.4, 0.5) is 5.69 Å². The van der Waals surface area contributed by atoms with E-state index in [2.05, 4.69) is 6.07 Å². The zero-order valence-corrected chi connectivity index (χ0v) is 8.60. The lowest BCUT2D eigenvalue weighted by molar-refractivity contribution is -0.117. The number of hydrogen-bond donors (Lipinski definition) is 0. The molecule has 0 unspecified atom stereocenters. The molecule has 1 amide bonds. The highest BCUT2D eigenvalue weighted by Crippen LogP contribution is 2.24. The van der Waals surface area contributed by atoms with Gasteiger partial charge in [-0.25, -0.2) is 0 Å². The van der Waals surface area contributed by atoms with Gasteiger partial charge in [-0.15, -0.1) is 0 Å². The van der Waals surface area contributed by atoms with Crippen molar-refractivity contribution in [1.29, 1.82) is 5.26 Å². The summed E-state index contributed by atoms with van der Waals surface area (Å²) >= 11 is 0. The minimum absolute atomic E-state index is 0.0467. The van der Waals surface area contributed by atoms with Gasteiger partial charge in [0.15, 0.2) is 0 Å². The van der Waals surface area contributed by atoms with Gasteiger partial charge in [-0.3, -0.25) is 4.79 Å². The molecule has 0 bridgehead atoms. The zero-order chi connectivity index (χ0) is 10.8. The highest BCUT2D eigenvalue weighted by atomic mass is 16.2. The van der Waals surface area contributed by atoms with Crippen molar-refractivity contribution in [2.45, 2.75) is 13.3 Å². The van der Waals surface area contributed by atoms with Crippen LogP contribution in [-0.4, -0.2) is 12.5 Å². The van der Waals surface area contributed by atoms with E-state index in [0.29, 0.717) is 13.0 Å². The molecule has 1 fully saturated rings. The zero-order valence-electron chi connectivity index (χ0n) is 8.60. The van der Waals surface area contributed by atoms with E-state index in [1.54, 1.807) is 4.90 Å². The summed E-state index contributed by atoms with van der Waals surface area (Å²) in [4.78, 5) is 13.3. The fraction of sp³-hybridized carbons (Fsp3) is 0.333. The smallest absolute Gasteiger partial charge is 0.228 e. The van der Waals surface area contributed by atoms with Crippen LogP contribution in [0, 0.1) is 24.2 Å². The third-order valence-electron chi connectivity index (χ3n) is 2.65. The summed E-state index contributed by atoms with van der Waals surface area (Å²) in [5.74, 6) is -0.107. The Morgan fingerprint density at radius 1 is 1.40 bits per heavy atom. The fourth-order valence-electron chi connectivity index (χ4n) is 1.77. The molecule has 0 N–H and O–H groups in total. The molecule has 1 aromatic carbocycles. The third-order valence-corrected chi connectivity index (χ3v) is 2.65. The molecule has 1 aliphatic heterocycles. The maximum atomic E-state index is 11.6. The van der Waals surface area contributed by atoms with Crippen molar-refractivity contribution in [2.24, 2.45) is 5.92 Å². The highest BCUT2D eigenvalue weighted by molar-refractivity contribution is 5.96. The number of amides is 1. The lowest BCUT2D eigenvalue weighted by Crippen LogP contribution is -2.24. The number of anilines is 1. The van der Waals surface area contributed by atoms with E-state index in [1.807, 2.05) is 31.2 Å². The van der Waals surface area contributed by atoms with Crippen molar-refractivity contribution in [3.05, 3.63) is 29.8 Å². The Morgan fingerprint density at radius 3 is 2.60 bits per heavy atom. The second kappa shape index (κ2) is 3.74. The predicted octanol–water partition coefficient (Wildman–Crippen LogP) is 1.87. The molecule has 1 saturated heterocycles. The van der Waals surface area contributed by atoms with Gasteiger partial charge in [0.2, 0.25) is 5.91 Å². The van der Waals surface area contributed by atoms with Crippen LogP contribution in [0.1, 0.15) is 12.0 Å². The Labute approximate surface area is 88.9 Å². The maximum absolute atomic E-state index is 11.6. The number of benzene rings is 1. The van der Waals surface area contributed by atoms with Crippen molar-refractivity contribution >= 4 is 11.6 Å². The van der Waals surface area contributed by atoms with E-state index in [9.17, 15) is 4.79 Å². The van der Waals surface area contributed by atoms with Gasteiger partial charge < -0.3 is 4.90 Å². The summed E-state index contributed by atoms with van der Waals surface area (Å²) in [6, 6.07) is 9.94. The molecule has 1 aromatic rings. The first-order valence-electron chi connectivity index (χ1n) is 4.97. The summed E-state index contributed by atoms with van der Waals surface area (Å²) in [7, 11) is 0. The Kier molecular flexibility index (Phi) is 2.42. The first kappa shape index (κ1) is 9.72. The first-order chi connectivity index (χ1) is 7.20. The highest BCUT2D eigenvalue weighted by Gasteiger charge is 2.30. The van der Waals surface area contributed by atoms with Crippen molar-refractivity contribution < 1.29 is 4.79 Å². The van der Waals surface area contributed by atoms with Crippen LogP contribution >= 0.6 is 0 Å². The fourth-order valence-corrected chi connectivity index (χ4v) is 1.77. The van der Waals surface area contributed by atoms with E-state index >= 15 is 0 Å². The average Bonchev–Trinajstić information content (AvgIpc) is 2.61. The summed E-state index contributed by atoms with van der Waals surface area (Å²) in [5.41, 5.74) is 2.06. The van der Waals surface area contributed by atoms with Gasteiger partial charge in [0.05, 0.1) is 12.0 Å². The van der Waals surface area contributed by atoms with Gasteiger partial charge in [0.25, 0.3) is 0 Å². The summed E-state index contributed by atoms with van der Waals surface area (Å²) < 4.78 is 0. The van der Waals surface area contributed by atoms with Crippen LogP contribution in [0.3, 0.4) is 0 Å². The largest absolute Gasteiger partial charge is 0.311 e. The van der Waals surface area contributed by atoms with Crippen molar-refractivity contribution in [3.8, 4) is 6.07 Å². The van der Waals surface area contributed by atoms with Crippen LogP contribution < -0.4 is 4.90 Å². The summed E-state index contributed by atoms with van der Waals surface area (Å²) in [6.07, 6.45) is 0.352. The van der Waals surface area contributed by atoms with E-state index in [1.165, 1.54) is 5.56 Å². The van der Waals surface area contributed by atoms with Crippen molar-refractivity contribution in [3.63, 3.8) is 0 Å². The number of aryl methyl sites for hydroxylation is 1. The van der Waals surface area contributed by atoms with Crippen LogP contribution in [-0.2, 0) is 4.79 Å². The average molecular weight is 200 g/mol. The van der Waals surface area contributed by atoms with Gasteiger partial charge >= 0.3 is 0 Å². The molecule has 0 saturated carbocycles. The van der Waals surface area contributed by atoms with Crippen LogP contribution in [0.25, 0.3) is 0 Å². The second-order valence-electron chi connectivity index (χ2n) is 3.87. The van der Waals surface area contributed by atoms with Gasteiger partial charge in [-0.05, 0) is 19.1 Å². The molecule has 0 radical (unpaired) electrons. The molecule has 76 valence electrons. The molecular weight excluding hydrogens is 188 g/mol. The van der Waals surface area contributed by atoms with Gasteiger partial charge in [-0.1, -0.05) is 17.7 Å². The first-order valence-corrected chi connectivity index (χ1v) is 4.97. The summed E-state index contributed by atoms with van der Waals surface area (Å²) in [6.45, 7) is 2.53. The lowest BCUT2D eigenvalue weighted by Gasteiger charge is -2.15. The molecule has 2 rings (SSSR count). The normalized spacial score (nSPS) is 20.4. The van der Waals surface area contributed by atoms with Crippen LogP contribution in [0.5, 0.6) is 0 Å². The molecule has 3 nitrogen and oxygen atoms in total. The quantitative estimate of drug-likeness (QED) is 0.694. The predicted molar refractivity (Wildman–Crippen MR) is 57.3 cm³/mol. The van der Waals surface area contributed by atoms with Gasteiger partial charge in [0.1, 0.15) is 0 Å². The van der Waals surface area contributed by atoms with E-state index < -0.39 is 0 Å².